The molecular formula is C13H12ClF3O2. The molecule has 0 spiro atoms. The topological polar surface area (TPSA) is 26.3 Å². The zero-order valence-corrected chi connectivity index (χ0v) is 10.9. The molecule has 0 saturated heterocycles. The maximum atomic E-state index is 13.0. The Labute approximate surface area is 113 Å². The quantitative estimate of drug-likeness (QED) is 0.786. The molecule has 1 aromatic rings. The molecule has 1 atom stereocenters. The minimum absolute atomic E-state index is 0.00418. The van der Waals surface area contributed by atoms with E-state index in [4.69, 9.17) is 11.6 Å². The summed E-state index contributed by atoms with van der Waals surface area (Å²) in [6, 6.07) is 3.49. The van der Waals surface area contributed by atoms with Crippen molar-refractivity contribution in [2.75, 3.05) is 7.11 Å². The van der Waals surface area contributed by atoms with Crippen molar-refractivity contribution in [1.29, 1.82) is 0 Å². The third kappa shape index (κ3) is 3.03. The average Bonchev–Trinajstić information content (AvgIpc) is 3.14. The minimum Gasteiger partial charge on any atom is -0.469 e. The SMILES string of the molecule is COC(=O)C(c1ccc(Cl)cc1C(F)(F)F)C1CC1. The first-order valence-electron chi connectivity index (χ1n) is 5.79. The van der Waals surface area contributed by atoms with Crippen LogP contribution in [0.1, 0.15) is 29.9 Å². The van der Waals surface area contributed by atoms with Crippen LogP contribution >= 0.6 is 11.6 Å². The smallest absolute Gasteiger partial charge is 0.416 e. The van der Waals surface area contributed by atoms with Crippen LogP contribution in [0.2, 0.25) is 5.02 Å². The summed E-state index contributed by atoms with van der Waals surface area (Å²) in [5.41, 5.74) is -0.909. The molecule has 1 aromatic carbocycles. The van der Waals surface area contributed by atoms with Gasteiger partial charge < -0.3 is 4.74 Å². The lowest BCUT2D eigenvalue weighted by atomic mass is 9.90. The van der Waals surface area contributed by atoms with Crippen molar-refractivity contribution in [2.24, 2.45) is 5.92 Å². The number of alkyl halides is 3. The van der Waals surface area contributed by atoms with E-state index in [1.165, 1.54) is 19.2 Å². The largest absolute Gasteiger partial charge is 0.469 e. The molecule has 104 valence electrons. The molecule has 1 unspecified atom stereocenters. The number of ether oxygens (including phenoxy) is 1. The molecule has 0 aromatic heterocycles. The molecule has 0 N–H and O–H groups in total. The zero-order chi connectivity index (χ0) is 14.2. The maximum Gasteiger partial charge on any atom is 0.416 e. The van der Waals surface area contributed by atoms with Gasteiger partial charge in [-0.2, -0.15) is 13.2 Å². The molecule has 1 saturated carbocycles. The van der Waals surface area contributed by atoms with E-state index in [0.29, 0.717) is 0 Å². The van der Waals surface area contributed by atoms with Crippen LogP contribution in [0, 0.1) is 5.92 Å². The highest BCUT2D eigenvalue weighted by Crippen LogP contribution is 2.47. The number of hydrogen-bond acceptors (Lipinski definition) is 2. The van der Waals surface area contributed by atoms with E-state index in [-0.39, 0.29) is 16.5 Å². The van der Waals surface area contributed by atoms with Gasteiger partial charge in [0.25, 0.3) is 0 Å². The number of benzene rings is 1. The first kappa shape index (κ1) is 14.2. The summed E-state index contributed by atoms with van der Waals surface area (Å²) in [5, 5.41) is -0.00418. The number of rotatable bonds is 3. The second-order valence-electron chi connectivity index (χ2n) is 4.57. The summed E-state index contributed by atoms with van der Waals surface area (Å²) in [5.74, 6) is -1.57. The Morgan fingerprint density at radius 2 is 2.05 bits per heavy atom. The predicted octanol–water partition coefficient (Wildman–Crippen LogP) is 4.03. The first-order chi connectivity index (χ1) is 8.84. The van der Waals surface area contributed by atoms with Gasteiger partial charge in [0.15, 0.2) is 0 Å². The summed E-state index contributed by atoms with van der Waals surface area (Å²) in [6.07, 6.45) is -3.07. The third-order valence-corrected chi connectivity index (χ3v) is 3.44. The van der Waals surface area contributed by atoms with Crippen molar-refractivity contribution in [3.05, 3.63) is 34.3 Å². The summed E-state index contributed by atoms with van der Waals surface area (Å²) in [7, 11) is 1.18. The van der Waals surface area contributed by atoms with Crippen molar-refractivity contribution in [3.8, 4) is 0 Å². The highest BCUT2D eigenvalue weighted by atomic mass is 35.5. The van der Waals surface area contributed by atoms with Gasteiger partial charge in [-0.05, 0) is 36.5 Å². The van der Waals surface area contributed by atoms with Crippen LogP contribution in [0.4, 0.5) is 13.2 Å². The van der Waals surface area contributed by atoms with Crippen LogP contribution in [0.5, 0.6) is 0 Å². The molecule has 6 heteroatoms. The lowest BCUT2D eigenvalue weighted by Crippen LogP contribution is -2.20. The van der Waals surface area contributed by atoms with E-state index in [2.05, 4.69) is 4.74 Å². The third-order valence-electron chi connectivity index (χ3n) is 3.20. The Hall–Kier alpha value is -1.23. The van der Waals surface area contributed by atoms with E-state index in [0.717, 1.165) is 18.9 Å². The molecule has 1 aliphatic carbocycles. The van der Waals surface area contributed by atoms with Gasteiger partial charge in [0.2, 0.25) is 0 Å². The van der Waals surface area contributed by atoms with Crippen molar-refractivity contribution in [3.63, 3.8) is 0 Å². The highest BCUT2D eigenvalue weighted by Gasteiger charge is 2.43. The normalized spacial score (nSPS) is 17.1. The molecule has 0 radical (unpaired) electrons. The number of hydrogen-bond donors (Lipinski definition) is 0. The first-order valence-corrected chi connectivity index (χ1v) is 6.17. The van der Waals surface area contributed by atoms with Crippen LogP contribution in [-0.4, -0.2) is 13.1 Å². The van der Waals surface area contributed by atoms with Crippen molar-refractivity contribution in [1.82, 2.24) is 0 Å². The maximum absolute atomic E-state index is 13.0. The molecule has 0 heterocycles. The van der Waals surface area contributed by atoms with Crippen molar-refractivity contribution >= 4 is 17.6 Å². The van der Waals surface area contributed by atoms with E-state index in [9.17, 15) is 18.0 Å². The summed E-state index contributed by atoms with van der Waals surface area (Å²) >= 11 is 5.62. The van der Waals surface area contributed by atoms with E-state index in [1.54, 1.807) is 0 Å². The van der Waals surface area contributed by atoms with Crippen LogP contribution in [-0.2, 0) is 15.7 Å². The fraction of sp³-hybridized carbons (Fsp3) is 0.462. The number of carbonyl (C=O) groups is 1. The fourth-order valence-electron chi connectivity index (χ4n) is 2.18. The zero-order valence-electron chi connectivity index (χ0n) is 10.1. The van der Waals surface area contributed by atoms with Gasteiger partial charge in [-0.1, -0.05) is 17.7 Å². The van der Waals surface area contributed by atoms with E-state index < -0.39 is 23.6 Å². The van der Waals surface area contributed by atoms with E-state index >= 15 is 0 Å². The second-order valence-corrected chi connectivity index (χ2v) is 5.00. The van der Waals surface area contributed by atoms with Gasteiger partial charge in [0.1, 0.15) is 0 Å². The van der Waals surface area contributed by atoms with Crippen molar-refractivity contribution < 1.29 is 22.7 Å². The Balaban J connectivity index is 2.50. The Morgan fingerprint density at radius 1 is 1.42 bits per heavy atom. The van der Waals surface area contributed by atoms with Gasteiger partial charge in [0, 0.05) is 5.02 Å². The average molecular weight is 293 g/mol. The van der Waals surface area contributed by atoms with E-state index in [1.807, 2.05) is 0 Å². The Bertz CT molecular complexity index is 495. The lowest BCUT2D eigenvalue weighted by Gasteiger charge is -2.19. The fourth-order valence-corrected chi connectivity index (χ4v) is 2.35. The van der Waals surface area contributed by atoms with Crippen LogP contribution < -0.4 is 0 Å². The number of carbonyl (C=O) groups excluding carboxylic acids is 1. The van der Waals surface area contributed by atoms with Crippen LogP contribution in [0.3, 0.4) is 0 Å². The standard InChI is InChI=1S/C13H12ClF3O2/c1-19-12(18)11(7-2-3-7)9-5-4-8(14)6-10(9)13(15,16)17/h4-7,11H,2-3H2,1H3. The second kappa shape index (κ2) is 5.04. The predicted molar refractivity (Wildman–Crippen MR) is 63.9 cm³/mol. The molecule has 2 nitrogen and oxygen atoms in total. The van der Waals surface area contributed by atoms with Gasteiger partial charge in [-0.25, -0.2) is 0 Å². The highest BCUT2D eigenvalue weighted by molar-refractivity contribution is 6.30. The molecule has 1 aliphatic rings. The molecular weight excluding hydrogens is 281 g/mol. The monoisotopic (exact) mass is 292 g/mol. The Kier molecular flexibility index (Phi) is 3.76. The van der Waals surface area contributed by atoms with Gasteiger partial charge in [-0.15, -0.1) is 0 Å². The summed E-state index contributed by atoms with van der Waals surface area (Å²) in [4.78, 5) is 11.7. The van der Waals surface area contributed by atoms with Crippen LogP contribution in [0.15, 0.2) is 18.2 Å². The molecule has 0 bridgehead atoms. The minimum atomic E-state index is -4.54. The molecule has 0 aliphatic heterocycles. The number of methoxy groups -OCH3 is 1. The summed E-state index contributed by atoms with van der Waals surface area (Å²) in [6.45, 7) is 0. The van der Waals surface area contributed by atoms with Gasteiger partial charge in [-0.3, -0.25) is 4.79 Å². The number of esters is 1. The van der Waals surface area contributed by atoms with Crippen LogP contribution in [0.25, 0.3) is 0 Å². The molecule has 1 fully saturated rings. The lowest BCUT2D eigenvalue weighted by molar-refractivity contribution is -0.144. The molecule has 19 heavy (non-hydrogen) atoms. The Morgan fingerprint density at radius 3 is 2.53 bits per heavy atom. The van der Waals surface area contributed by atoms with Gasteiger partial charge in [0.05, 0.1) is 18.6 Å². The molecule has 0 amide bonds. The summed E-state index contributed by atoms with van der Waals surface area (Å²) < 4.78 is 43.7. The molecule has 2 rings (SSSR count). The van der Waals surface area contributed by atoms with Gasteiger partial charge >= 0.3 is 12.1 Å². The number of halogens is 4. The van der Waals surface area contributed by atoms with Crippen molar-refractivity contribution in [2.45, 2.75) is 24.9 Å².